The average molecular weight is 190 g/mol. The molecule has 0 aromatic carbocycles. The minimum absolute atomic E-state index is 0.105. The second-order valence-electron chi connectivity index (χ2n) is 5.58. The Kier molecular flexibility index (Phi) is 2.98. The monoisotopic (exact) mass is 190 g/mol. The van der Waals surface area contributed by atoms with Gasteiger partial charge in [0.1, 0.15) is 0 Å². The van der Waals surface area contributed by atoms with Gasteiger partial charge in [-0.25, -0.2) is 8.78 Å². The summed E-state index contributed by atoms with van der Waals surface area (Å²) in [7, 11) is 0. The minimum Gasteiger partial charge on any atom is -0.207 e. The van der Waals surface area contributed by atoms with E-state index in [1.54, 1.807) is 0 Å². The highest BCUT2D eigenvalue weighted by atomic mass is 19.3. The van der Waals surface area contributed by atoms with Gasteiger partial charge in [-0.2, -0.15) is 0 Å². The Morgan fingerprint density at radius 3 is 2.38 bits per heavy atom. The largest absolute Gasteiger partial charge is 0.248 e. The summed E-state index contributed by atoms with van der Waals surface area (Å²) in [6.07, 6.45) is 2.85. The third-order valence-electron chi connectivity index (χ3n) is 2.64. The molecule has 0 radical (unpaired) electrons. The molecule has 78 valence electrons. The molecule has 0 N–H and O–H groups in total. The summed E-state index contributed by atoms with van der Waals surface area (Å²) in [6, 6.07) is 0. The molecular weight excluding hydrogens is 170 g/mol. The summed E-state index contributed by atoms with van der Waals surface area (Å²) < 4.78 is 26.1. The van der Waals surface area contributed by atoms with E-state index in [2.05, 4.69) is 20.8 Å². The molecule has 1 atom stereocenters. The molecule has 1 rings (SSSR count). The van der Waals surface area contributed by atoms with Crippen LogP contribution in [-0.4, -0.2) is 5.92 Å². The number of hydrogen-bond donors (Lipinski definition) is 0. The van der Waals surface area contributed by atoms with Gasteiger partial charge < -0.3 is 0 Å². The van der Waals surface area contributed by atoms with E-state index in [0.717, 1.165) is 12.8 Å². The molecular formula is C11H20F2. The predicted octanol–water partition coefficient (Wildman–Crippen LogP) is 4.25. The van der Waals surface area contributed by atoms with Gasteiger partial charge in [-0.1, -0.05) is 20.8 Å². The van der Waals surface area contributed by atoms with Crippen molar-refractivity contribution >= 4 is 0 Å². The van der Waals surface area contributed by atoms with Gasteiger partial charge in [0.25, 0.3) is 0 Å². The molecule has 0 bridgehead atoms. The molecule has 13 heavy (non-hydrogen) atoms. The smallest absolute Gasteiger partial charge is 0.207 e. The summed E-state index contributed by atoms with van der Waals surface area (Å²) in [5, 5.41) is 0. The lowest BCUT2D eigenvalue weighted by Gasteiger charge is -2.32. The second kappa shape index (κ2) is 3.55. The lowest BCUT2D eigenvalue weighted by Crippen LogP contribution is -2.28. The van der Waals surface area contributed by atoms with Crippen LogP contribution in [0.5, 0.6) is 0 Å². The highest BCUT2D eigenvalue weighted by molar-refractivity contribution is 4.81. The van der Waals surface area contributed by atoms with Crippen molar-refractivity contribution in [1.29, 1.82) is 0 Å². The number of hydrogen-bond acceptors (Lipinski definition) is 0. The Hall–Kier alpha value is -0.140. The van der Waals surface area contributed by atoms with Crippen molar-refractivity contribution < 1.29 is 8.78 Å². The van der Waals surface area contributed by atoms with E-state index in [1.165, 1.54) is 0 Å². The van der Waals surface area contributed by atoms with Crippen molar-refractivity contribution in [3.05, 3.63) is 0 Å². The van der Waals surface area contributed by atoms with Crippen molar-refractivity contribution in [1.82, 2.24) is 0 Å². The van der Waals surface area contributed by atoms with E-state index in [9.17, 15) is 8.78 Å². The maximum Gasteiger partial charge on any atom is 0.248 e. The fourth-order valence-corrected chi connectivity index (χ4v) is 2.32. The Balaban J connectivity index is 2.44. The van der Waals surface area contributed by atoms with Gasteiger partial charge in [-0.3, -0.25) is 0 Å². The molecule has 1 fully saturated rings. The van der Waals surface area contributed by atoms with Crippen LogP contribution in [0.1, 0.15) is 52.9 Å². The summed E-state index contributed by atoms with van der Waals surface area (Å²) in [4.78, 5) is 0. The number of rotatable bonds is 1. The van der Waals surface area contributed by atoms with Gasteiger partial charge in [-0.15, -0.1) is 0 Å². The van der Waals surface area contributed by atoms with Gasteiger partial charge in [0.15, 0.2) is 0 Å². The zero-order valence-electron chi connectivity index (χ0n) is 8.87. The molecule has 0 spiro atoms. The Morgan fingerprint density at radius 2 is 1.92 bits per heavy atom. The third-order valence-corrected chi connectivity index (χ3v) is 2.64. The quantitative estimate of drug-likeness (QED) is 0.580. The van der Waals surface area contributed by atoms with Crippen molar-refractivity contribution in [3.8, 4) is 0 Å². The lowest BCUT2D eigenvalue weighted by atomic mass is 9.76. The van der Waals surface area contributed by atoms with Crippen molar-refractivity contribution in [2.24, 2.45) is 11.3 Å². The van der Waals surface area contributed by atoms with Crippen molar-refractivity contribution in [3.63, 3.8) is 0 Å². The van der Waals surface area contributed by atoms with Crippen LogP contribution in [0, 0.1) is 11.3 Å². The van der Waals surface area contributed by atoms with E-state index in [1.807, 2.05) is 0 Å². The molecule has 0 amide bonds. The van der Waals surface area contributed by atoms with Crippen molar-refractivity contribution in [2.45, 2.75) is 58.8 Å². The van der Waals surface area contributed by atoms with E-state index in [-0.39, 0.29) is 24.2 Å². The van der Waals surface area contributed by atoms with Crippen LogP contribution in [0.2, 0.25) is 0 Å². The van der Waals surface area contributed by atoms with Crippen LogP contribution in [0.25, 0.3) is 0 Å². The lowest BCUT2D eigenvalue weighted by molar-refractivity contribution is -0.0576. The van der Waals surface area contributed by atoms with Gasteiger partial charge in [0, 0.05) is 12.8 Å². The van der Waals surface area contributed by atoms with Crippen LogP contribution >= 0.6 is 0 Å². The first kappa shape index (κ1) is 10.9. The van der Waals surface area contributed by atoms with E-state index in [0.29, 0.717) is 6.42 Å². The molecule has 1 unspecified atom stereocenters. The Morgan fingerprint density at radius 1 is 1.31 bits per heavy atom. The van der Waals surface area contributed by atoms with Crippen LogP contribution in [0.3, 0.4) is 0 Å². The molecule has 2 heteroatoms. The molecule has 0 nitrogen and oxygen atoms in total. The summed E-state index contributed by atoms with van der Waals surface area (Å²) >= 11 is 0. The predicted molar refractivity (Wildman–Crippen MR) is 51.0 cm³/mol. The molecule has 0 aromatic rings. The standard InChI is InChI=1S/C11H20F2/c1-10(2,3)7-9-5-4-6-11(12,13)8-9/h9H,4-8H2,1-3H3. The summed E-state index contributed by atoms with van der Waals surface area (Å²) in [5.41, 5.74) is 0.193. The normalized spacial score (nSPS) is 28.8. The molecule has 1 aliphatic carbocycles. The highest BCUT2D eigenvalue weighted by Gasteiger charge is 2.37. The van der Waals surface area contributed by atoms with E-state index < -0.39 is 5.92 Å². The molecule has 0 saturated heterocycles. The summed E-state index contributed by atoms with van der Waals surface area (Å²) in [5.74, 6) is -2.14. The molecule has 0 aliphatic heterocycles. The Labute approximate surface area is 79.7 Å². The van der Waals surface area contributed by atoms with Crippen LogP contribution < -0.4 is 0 Å². The third kappa shape index (κ3) is 4.06. The summed E-state index contributed by atoms with van der Waals surface area (Å²) in [6.45, 7) is 6.37. The van der Waals surface area contributed by atoms with Gasteiger partial charge in [0.2, 0.25) is 5.92 Å². The SMILES string of the molecule is CC(C)(C)CC1CCCC(F)(F)C1. The Bertz CT molecular complexity index is 165. The second-order valence-corrected chi connectivity index (χ2v) is 5.58. The van der Waals surface area contributed by atoms with E-state index >= 15 is 0 Å². The zero-order chi connectivity index (χ0) is 10.1. The first-order valence-electron chi connectivity index (χ1n) is 5.16. The first-order chi connectivity index (χ1) is 5.79. The molecule has 0 aromatic heterocycles. The maximum atomic E-state index is 13.0. The van der Waals surface area contributed by atoms with Crippen LogP contribution in [-0.2, 0) is 0 Å². The molecule has 1 saturated carbocycles. The van der Waals surface area contributed by atoms with E-state index in [4.69, 9.17) is 0 Å². The minimum atomic E-state index is -2.38. The number of halogens is 2. The average Bonchev–Trinajstić information content (AvgIpc) is 1.79. The van der Waals surface area contributed by atoms with Gasteiger partial charge >= 0.3 is 0 Å². The maximum absolute atomic E-state index is 13.0. The highest BCUT2D eigenvalue weighted by Crippen LogP contribution is 2.41. The first-order valence-corrected chi connectivity index (χ1v) is 5.16. The fourth-order valence-electron chi connectivity index (χ4n) is 2.32. The van der Waals surface area contributed by atoms with Gasteiger partial charge in [-0.05, 0) is 30.6 Å². The number of alkyl halides is 2. The fraction of sp³-hybridized carbons (Fsp3) is 1.00. The van der Waals surface area contributed by atoms with Crippen LogP contribution in [0.15, 0.2) is 0 Å². The zero-order valence-corrected chi connectivity index (χ0v) is 8.87. The molecule has 0 heterocycles. The molecule has 1 aliphatic rings. The van der Waals surface area contributed by atoms with Gasteiger partial charge in [0.05, 0.1) is 0 Å². The van der Waals surface area contributed by atoms with Crippen LogP contribution in [0.4, 0.5) is 8.78 Å². The van der Waals surface area contributed by atoms with Crippen molar-refractivity contribution in [2.75, 3.05) is 0 Å². The topological polar surface area (TPSA) is 0 Å².